The Labute approximate surface area is 68.5 Å². The van der Waals surface area contributed by atoms with Gasteiger partial charge in [-0.25, -0.2) is 0 Å². The highest BCUT2D eigenvalue weighted by Crippen LogP contribution is 2.36. The van der Waals surface area contributed by atoms with E-state index in [0.29, 0.717) is 5.78 Å². The van der Waals surface area contributed by atoms with Crippen molar-refractivity contribution < 1.29 is 4.79 Å². The van der Waals surface area contributed by atoms with Gasteiger partial charge in [0.1, 0.15) is 5.78 Å². The van der Waals surface area contributed by atoms with Gasteiger partial charge in [-0.2, -0.15) is 0 Å². The molecule has 0 aliphatic heterocycles. The molecule has 0 heterocycles. The highest BCUT2D eigenvalue weighted by atomic mass is 16.1. The minimum absolute atomic E-state index is 0.225. The molecule has 0 aromatic carbocycles. The number of Topliss-reactive ketones (excluding diaryl/α,β-unsaturated/α-hetero) is 1. The third kappa shape index (κ3) is 1.37. The topological polar surface area (TPSA) is 17.1 Å². The predicted octanol–water partition coefficient (Wildman–Crippen LogP) is 2.57. The van der Waals surface area contributed by atoms with Gasteiger partial charge in [0, 0.05) is 11.3 Å². The maximum atomic E-state index is 11.6. The van der Waals surface area contributed by atoms with Gasteiger partial charge in [0.15, 0.2) is 0 Å². The molecule has 0 N–H and O–H groups in total. The van der Waals surface area contributed by atoms with E-state index in [1.54, 1.807) is 0 Å². The molecule has 1 fully saturated rings. The molecule has 0 bridgehead atoms. The molecule has 0 radical (unpaired) electrons. The summed E-state index contributed by atoms with van der Waals surface area (Å²) in [6, 6.07) is 0. The highest BCUT2D eigenvalue weighted by molar-refractivity contribution is 5.88. The fraction of sp³-hybridized carbons (Fsp3) is 0.700. The zero-order valence-corrected chi connectivity index (χ0v) is 7.39. The van der Waals surface area contributed by atoms with Crippen molar-refractivity contribution in [1.82, 2.24) is 0 Å². The average molecular weight is 152 g/mol. The van der Waals surface area contributed by atoms with Crippen LogP contribution in [0.4, 0.5) is 0 Å². The van der Waals surface area contributed by atoms with Gasteiger partial charge >= 0.3 is 0 Å². The van der Waals surface area contributed by atoms with Gasteiger partial charge in [-0.15, -0.1) is 6.58 Å². The van der Waals surface area contributed by atoms with Crippen molar-refractivity contribution in [3.63, 3.8) is 0 Å². The van der Waals surface area contributed by atoms with Gasteiger partial charge < -0.3 is 0 Å². The van der Waals surface area contributed by atoms with Crippen LogP contribution in [0.15, 0.2) is 12.7 Å². The van der Waals surface area contributed by atoms with Crippen LogP contribution >= 0.6 is 0 Å². The summed E-state index contributed by atoms with van der Waals surface area (Å²) >= 11 is 0. The van der Waals surface area contributed by atoms with E-state index in [4.69, 9.17) is 0 Å². The van der Waals surface area contributed by atoms with Crippen LogP contribution in [-0.4, -0.2) is 5.78 Å². The minimum Gasteiger partial charge on any atom is -0.298 e. The van der Waals surface area contributed by atoms with E-state index < -0.39 is 0 Å². The number of hydrogen-bond acceptors (Lipinski definition) is 1. The highest BCUT2D eigenvalue weighted by Gasteiger charge is 2.36. The summed E-state index contributed by atoms with van der Waals surface area (Å²) in [5.74, 6) is 0.616. The molecule has 1 aliphatic rings. The SMILES string of the molecule is C=CC1(C)CCCC(C)C1=O. The lowest BCUT2D eigenvalue weighted by molar-refractivity contribution is -0.131. The first-order valence-electron chi connectivity index (χ1n) is 4.28. The van der Waals surface area contributed by atoms with Crippen LogP contribution in [0.2, 0.25) is 0 Å². The van der Waals surface area contributed by atoms with Crippen molar-refractivity contribution in [2.75, 3.05) is 0 Å². The lowest BCUT2D eigenvalue weighted by Crippen LogP contribution is -2.34. The molecule has 0 aromatic rings. The van der Waals surface area contributed by atoms with Crippen LogP contribution in [0, 0.1) is 11.3 Å². The van der Waals surface area contributed by atoms with E-state index in [9.17, 15) is 4.79 Å². The first-order valence-corrected chi connectivity index (χ1v) is 4.28. The summed E-state index contributed by atoms with van der Waals surface area (Å²) < 4.78 is 0. The Kier molecular flexibility index (Phi) is 2.17. The summed E-state index contributed by atoms with van der Waals surface area (Å²) in [5, 5.41) is 0. The molecule has 1 nitrogen and oxygen atoms in total. The Morgan fingerprint density at radius 1 is 1.73 bits per heavy atom. The molecule has 0 spiro atoms. The predicted molar refractivity (Wildman–Crippen MR) is 46.3 cm³/mol. The molecular formula is C10H16O. The molecular weight excluding hydrogens is 136 g/mol. The van der Waals surface area contributed by atoms with Crippen molar-refractivity contribution in [2.45, 2.75) is 33.1 Å². The number of carbonyl (C=O) groups is 1. The maximum Gasteiger partial charge on any atom is 0.145 e. The first-order chi connectivity index (χ1) is 5.10. The molecule has 62 valence electrons. The van der Waals surface area contributed by atoms with Crippen LogP contribution in [0.1, 0.15) is 33.1 Å². The Hall–Kier alpha value is -0.590. The van der Waals surface area contributed by atoms with Gasteiger partial charge in [-0.05, 0) is 19.8 Å². The summed E-state index contributed by atoms with van der Waals surface area (Å²) in [6.07, 6.45) is 5.02. The van der Waals surface area contributed by atoms with Crippen molar-refractivity contribution in [1.29, 1.82) is 0 Å². The molecule has 1 heteroatoms. The lowest BCUT2D eigenvalue weighted by Gasteiger charge is -2.32. The minimum atomic E-state index is -0.225. The molecule has 0 saturated heterocycles. The Morgan fingerprint density at radius 3 is 2.82 bits per heavy atom. The van der Waals surface area contributed by atoms with E-state index in [0.717, 1.165) is 19.3 Å². The van der Waals surface area contributed by atoms with E-state index >= 15 is 0 Å². The fourth-order valence-corrected chi connectivity index (χ4v) is 1.80. The van der Waals surface area contributed by atoms with Gasteiger partial charge in [-0.3, -0.25) is 4.79 Å². The number of allylic oxidation sites excluding steroid dienone is 1. The van der Waals surface area contributed by atoms with Crippen molar-refractivity contribution >= 4 is 5.78 Å². The third-order valence-corrected chi connectivity index (χ3v) is 2.79. The Bertz CT molecular complexity index is 183. The molecule has 2 atom stereocenters. The van der Waals surface area contributed by atoms with Crippen LogP contribution in [0.5, 0.6) is 0 Å². The summed E-state index contributed by atoms with van der Waals surface area (Å²) in [5.41, 5.74) is -0.225. The van der Waals surface area contributed by atoms with Crippen LogP contribution in [0.3, 0.4) is 0 Å². The smallest absolute Gasteiger partial charge is 0.145 e. The standard InChI is InChI=1S/C10H16O/c1-4-10(3)7-5-6-8(2)9(10)11/h4,8H,1,5-7H2,2-3H3. The fourth-order valence-electron chi connectivity index (χ4n) is 1.80. The van der Waals surface area contributed by atoms with Crippen LogP contribution < -0.4 is 0 Å². The average Bonchev–Trinajstić information content (AvgIpc) is 2.00. The van der Waals surface area contributed by atoms with Gasteiger partial charge in [0.05, 0.1) is 0 Å². The van der Waals surface area contributed by atoms with Crippen molar-refractivity contribution in [3.05, 3.63) is 12.7 Å². The lowest BCUT2D eigenvalue weighted by atomic mass is 9.70. The van der Waals surface area contributed by atoms with Gasteiger partial charge in [0.2, 0.25) is 0 Å². The van der Waals surface area contributed by atoms with E-state index in [1.807, 2.05) is 19.9 Å². The molecule has 0 amide bonds. The van der Waals surface area contributed by atoms with E-state index in [1.165, 1.54) is 0 Å². The van der Waals surface area contributed by atoms with Crippen LogP contribution in [-0.2, 0) is 4.79 Å². The number of carbonyl (C=O) groups excluding carboxylic acids is 1. The zero-order chi connectivity index (χ0) is 8.48. The normalized spacial score (nSPS) is 38.7. The van der Waals surface area contributed by atoms with Gasteiger partial charge in [0.25, 0.3) is 0 Å². The molecule has 11 heavy (non-hydrogen) atoms. The Morgan fingerprint density at radius 2 is 2.36 bits per heavy atom. The number of rotatable bonds is 1. The maximum absolute atomic E-state index is 11.6. The molecule has 1 aliphatic carbocycles. The monoisotopic (exact) mass is 152 g/mol. The first kappa shape index (κ1) is 8.51. The summed E-state index contributed by atoms with van der Waals surface area (Å²) in [4.78, 5) is 11.6. The van der Waals surface area contributed by atoms with E-state index in [-0.39, 0.29) is 11.3 Å². The number of hydrogen-bond donors (Lipinski definition) is 0. The second-order valence-electron chi connectivity index (χ2n) is 3.78. The molecule has 2 unspecified atom stereocenters. The summed E-state index contributed by atoms with van der Waals surface area (Å²) in [6.45, 7) is 7.74. The second kappa shape index (κ2) is 2.80. The second-order valence-corrected chi connectivity index (χ2v) is 3.78. The largest absolute Gasteiger partial charge is 0.298 e. The number of ketones is 1. The van der Waals surface area contributed by atoms with E-state index in [2.05, 4.69) is 6.58 Å². The third-order valence-electron chi connectivity index (χ3n) is 2.79. The zero-order valence-electron chi connectivity index (χ0n) is 7.39. The molecule has 0 aromatic heterocycles. The van der Waals surface area contributed by atoms with Crippen molar-refractivity contribution in [3.8, 4) is 0 Å². The quantitative estimate of drug-likeness (QED) is 0.528. The van der Waals surface area contributed by atoms with Gasteiger partial charge in [-0.1, -0.05) is 19.4 Å². The summed E-state index contributed by atoms with van der Waals surface area (Å²) in [7, 11) is 0. The molecule has 1 rings (SSSR count). The Balaban J connectivity index is 2.80. The van der Waals surface area contributed by atoms with Crippen LogP contribution in [0.25, 0.3) is 0 Å². The van der Waals surface area contributed by atoms with Crippen molar-refractivity contribution in [2.24, 2.45) is 11.3 Å². The molecule has 1 saturated carbocycles.